The molecule has 1 aromatic carbocycles. The minimum atomic E-state index is 0.678. The lowest BCUT2D eigenvalue weighted by Crippen LogP contribution is -2.30. The topological polar surface area (TPSA) is 38.5 Å². The lowest BCUT2D eigenvalue weighted by Gasteiger charge is -2.20. The van der Waals surface area contributed by atoms with Crippen LogP contribution in [0.5, 0.6) is 5.75 Å². The van der Waals surface area contributed by atoms with Crippen LogP contribution in [0.1, 0.15) is 18.9 Å². The number of likely N-dealkylation sites (tertiary alicyclic amines) is 1. The Morgan fingerprint density at radius 3 is 2.61 bits per heavy atom. The highest BCUT2D eigenvalue weighted by Gasteiger charge is 2.27. The molecule has 3 heteroatoms. The minimum Gasteiger partial charge on any atom is -0.497 e. The van der Waals surface area contributed by atoms with Crippen LogP contribution in [0.3, 0.4) is 0 Å². The summed E-state index contributed by atoms with van der Waals surface area (Å²) in [6.07, 6.45) is 2.35. The van der Waals surface area contributed by atoms with E-state index in [9.17, 15) is 0 Å². The Balaban J connectivity index is 1.83. The molecule has 1 fully saturated rings. The van der Waals surface area contributed by atoms with Crippen molar-refractivity contribution >= 4 is 0 Å². The van der Waals surface area contributed by atoms with Gasteiger partial charge in [-0.05, 0) is 49.9 Å². The van der Waals surface area contributed by atoms with Crippen molar-refractivity contribution in [3.05, 3.63) is 29.8 Å². The second kappa shape index (κ2) is 6.21. The molecule has 3 nitrogen and oxygen atoms in total. The minimum absolute atomic E-state index is 0.678. The molecule has 2 N–H and O–H groups in total. The molecule has 0 aliphatic carbocycles. The molecular formula is C15H24N2O. The Hall–Kier alpha value is -1.06. The maximum atomic E-state index is 5.76. The quantitative estimate of drug-likeness (QED) is 0.865. The van der Waals surface area contributed by atoms with Crippen LogP contribution >= 0.6 is 0 Å². The van der Waals surface area contributed by atoms with Crippen molar-refractivity contribution in [2.45, 2.75) is 25.8 Å². The van der Waals surface area contributed by atoms with E-state index in [1.54, 1.807) is 7.11 Å². The SMILES string of the molecule is COc1ccc(CCN2CC(CN)CC2C)cc1. The van der Waals surface area contributed by atoms with Gasteiger partial charge in [-0.25, -0.2) is 0 Å². The summed E-state index contributed by atoms with van der Waals surface area (Å²) in [5.74, 6) is 1.62. The molecule has 0 radical (unpaired) electrons. The van der Waals surface area contributed by atoms with Crippen molar-refractivity contribution in [3.63, 3.8) is 0 Å². The summed E-state index contributed by atoms with van der Waals surface area (Å²) in [4.78, 5) is 2.56. The number of nitrogens with zero attached hydrogens (tertiary/aromatic N) is 1. The summed E-state index contributed by atoms with van der Waals surface area (Å²) in [7, 11) is 1.70. The van der Waals surface area contributed by atoms with Gasteiger partial charge in [0, 0.05) is 19.1 Å². The fourth-order valence-electron chi connectivity index (χ4n) is 2.76. The van der Waals surface area contributed by atoms with Gasteiger partial charge in [-0.15, -0.1) is 0 Å². The molecular weight excluding hydrogens is 224 g/mol. The van der Waals surface area contributed by atoms with Gasteiger partial charge in [0.2, 0.25) is 0 Å². The summed E-state index contributed by atoms with van der Waals surface area (Å²) in [5.41, 5.74) is 7.13. The molecule has 0 spiro atoms. The second-order valence-electron chi connectivity index (χ2n) is 5.28. The second-order valence-corrected chi connectivity index (χ2v) is 5.28. The van der Waals surface area contributed by atoms with Gasteiger partial charge in [0.05, 0.1) is 7.11 Å². The zero-order chi connectivity index (χ0) is 13.0. The van der Waals surface area contributed by atoms with Crippen LogP contribution in [0.25, 0.3) is 0 Å². The Labute approximate surface area is 110 Å². The molecule has 1 aliphatic rings. The molecule has 1 aliphatic heterocycles. The number of benzene rings is 1. The number of hydrogen-bond acceptors (Lipinski definition) is 3. The van der Waals surface area contributed by atoms with E-state index >= 15 is 0 Å². The molecule has 2 rings (SSSR count). The fourth-order valence-corrected chi connectivity index (χ4v) is 2.76. The molecule has 18 heavy (non-hydrogen) atoms. The Bertz CT molecular complexity index is 363. The average molecular weight is 248 g/mol. The molecule has 1 heterocycles. The van der Waals surface area contributed by atoms with E-state index < -0.39 is 0 Å². The maximum Gasteiger partial charge on any atom is 0.118 e. The van der Waals surface area contributed by atoms with Gasteiger partial charge in [-0.3, -0.25) is 4.90 Å². The Kier molecular flexibility index (Phi) is 4.61. The standard InChI is InChI=1S/C15H24N2O/c1-12-9-14(10-16)11-17(12)8-7-13-3-5-15(18-2)6-4-13/h3-6,12,14H,7-11,16H2,1-2H3. The third kappa shape index (κ3) is 3.24. The summed E-state index contributed by atoms with van der Waals surface area (Å²) < 4.78 is 5.17. The van der Waals surface area contributed by atoms with Crippen molar-refractivity contribution in [1.29, 1.82) is 0 Å². The highest BCUT2D eigenvalue weighted by molar-refractivity contribution is 5.27. The van der Waals surface area contributed by atoms with Gasteiger partial charge in [0.15, 0.2) is 0 Å². The van der Waals surface area contributed by atoms with E-state index in [-0.39, 0.29) is 0 Å². The highest BCUT2D eigenvalue weighted by Crippen LogP contribution is 2.22. The van der Waals surface area contributed by atoms with E-state index in [0.29, 0.717) is 12.0 Å². The van der Waals surface area contributed by atoms with Crippen LogP contribution in [-0.2, 0) is 6.42 Å². The maximum absolute atomic E-state index is 5.76. The van der Waals surface area contributed by atoms with E-state index in [0.717, 1.165) is 31.8 Å². The van der Waals surface area contributed by atoms with Crippen LogP contribution in [-0.4, -0.2) is 37.7 Å². The molecule has 100 valence electrons. The number of hydrogen-bond donors (Lipinski definition) is 1. The zero-order valence-corrected chi connectivity index (χ0v) is 11.4. The van der Waals surface area contributed by atoms with Crippen molar-refractivity contribution < 1.29 is 4.74 Å². The third-order valence-corrected chi connectivity index (χ3v) is 3.97. The van der Waals surface area contributed by atoms with E-state index in [1.165, 1.54) is 12.0 Å². The lowest BCUT2D eigenvalue weighted by molar-refractivity contribution is 0.268. The highest BCUT2D eigenvalue weighted by atomic mass is 16.5. The average Bonchev–Trinajstić information content (AvgIpc) is 2.77. The van der Waals surface area contributed by atoms with Gasteiger partial charge in [0.25, 0.3) is 0 Å². The monoisotopic (exact) mass is 248 g/mol. The molecule has 1 saturated heterocycles. The van der Waals surface area contributed by atoms with Crippen LogP contribution in [0, 0.1) is 5.92 Å². The van der Waals surface area contributed by atoms with E-state index in [2.05, 4.69) is 24.0 Å². The van der Waals surface area contributed by atoms with E-state index in [4.69, 9.17) is 10.5 Å². The van der Waals surface area contributed by atoms with Crippen LogP contribution < -0.4 is 10.5 Å². The van der Waals surface area contributed by atoms with Gasteiger partial charge in [0.1, 0.15) is 5.75 Å². The molecule has 1 aromatic rings. The molecule has 0 aromatic heterocycles. The number of ether oxygens (including phenoxy) is 1. The molecule has 2 unspecified atom stereocenters. The number of nitrogens with two attached hydrogens (primary N) is 1. The first-order chi connectivity index (χ1) is 8.72. The predicted octanol–water partition coefficient (Wildman–Crippen LogP) is 1.91. The van der Waals surface area contributed by atoms with Gasteiger partial charge < -0.3 is 10.5 Å². The first-order valence-electron chi connectivity index (χ1n) is 6.80. The summed E-state index contributed by atoms with van der Waals surface area (Å²) in [6.45, 7) is 5.42. The molecule has 0 bridgehead atoms. The smallest absolute Gasteiger partial charge is 0.118 e. The van der Waals surface area contributed by atoms with E-state index in [1.807, 2.05) is 12.1 Å². The predicted molar refractivity (Wildman–Crippen MR) is 74.9 cm³/mol. The first kappa shape index (κ1) is 13.4. The van der Waals surface area contributed by atoms with Gasteiger partial charge in [-0.2, -0.15) is 0 Å². The van der Waals surface area contributed by atoms with Gasteiger partial charge >= 0.3 is 0 Å². The third-order valence-electron chi connectivity index (χ3n) is 3.97. The van der Waals surface area contributed by atoms with Crippen LogP contribution in [0.15, 0.2) is 24.3 Å². The fraction of sp³-hybridized carbons (Fsp3) is 0.600. The molecule has 0 saturated carbocycles. The normalized spacial score (nSPS) is 24.4. The number of rotatable bonds is 5. The van der Waals surface area contributed by atoms with Crippen LogP contribution in [0.2, 0.25) is 0 Å². The Morgan fingerprint density at radius 2 is 2.06 bits per heavy atom. The van der Waals surface area contributed by atoms with Crippen molar-refractivity contribution in [1.82, 2.24) is 4.90 Å². The van der Waals surface area contributed by atoms with Crippen LogP contribution in [0.4, 0.5) is 0 Å². The zero-order valence-electron chi connectivity index (χ0n) is 11.4. The van der Waals surface area contributed by atoms with Crippen molar-refractivity contribution in [3.8, 4) is 5.75 Å². The number of methoxy groups -OCH3 is 1. The molecule has 2 atom stereocenters. The first-order valence-corrected chi connectivity index (χ1v) is 6.80. The van der Waals surface area contributed by atoms with Gasteiger partial charge in [-0.1, -0.05) is 12.1 Å². The molecule has 0 amide bonds. The van der Waals surface area contributed by atoms with Crippen molar-refractivity contribution in [2.75, 3.05) is 26.7 Å². The summed E-state index contributed by atoms with van der Waals surface area (Å²) >= 11 is 0. The largest absolute Gasteiger partial charge is 0.497 e. The Morgan fingerprint density at radius 1 is 1.33 bits per heavy atom. The lowest BCUT2D eigenvalue weighted by atomic mass is 10.1. The summed E-state index contributed by atoms with van der Waals surface area (Å²) in [6, 6.07) is 9.05. The summed E-state index contributed by atoms with van der Waals surface area (Å²) in [5, 5.41) is 0. The van der Waals surface area contributed by atoms with Crippen molar-refractivity contribution in [2.24, 2.45) is 11.7 Å².